The summed E-state index contributed by atoms with van der Waals surface area (Å²) < 4.78 is 23.5. The number of ether oxygens (including phenoxy) is 2. The number of halogens is 1. The molecule has 0 spiro atoms. The predicted octanol–water partition coefficient (Wildman–Crippen LogP) is 2.93. The molecule has 2 aromatic carbocycles. The number of nitrogens with zero attached hydrogens (tertiary/aromatic N) is 1. The molecule has 0 radical (unpaired) electrons. The fraction of sp³-hybridized carbons (Fsp3) is 0.417. The van der Waals surface area contributed by atoms with Gasteiger partial charge in [-0.1, -0.05) is 18.2 Å². The van der Waals surface area contributed by atoms with E-state index >= 15 is 0 Å². The standard InChI is InChI=1S/C24H29FN2O4/c1-15-10-22(30-3)16(2)9-18(15)13-27-14-20(12-21(27)24(29)31-4)26-23(28)11-17-5-7-19(25)8-6-17/h5-10,20-21H,11-14H2,1-4H3,(H,26,28)/t20-,21+/m1/s1. The summed E-state index contributed by atoms with van der Waals surface area (Å²) in [5, 5.41) is 3.01. The van der Waals surface area contributed by atoms with E-state index in [1.54, 1.807) is 19.2 Å². The minimum Gasteiger partial charge on any atom is -0.496 e. The van der Waals surface area contributed by atoms with E-state index in [1.165, 1.54) is 19.2 Å². The lowest BCUT2D eigenvalue weighted by Gasteiger charge is -2.23. The fourth-order valence-electron chi connectivity index (χ4n) is 4.09. The van der Waals surface area contributed by atoms with Gasteiger partial charge in [0.15, 0.2) is 0 Å². The van der Waals surface area contributed by atoms with E-state index in [1.807, 2.05) is 24.8 Å². The van der Waals surface area contributed by atoms with Crippen molar-refractivity contribution in [1.82, 2.24) is 10.2 Å². The molecule has 31 heavy (non-hydrogen) atoms. The van der Waals surface area contributed by atoms with Crippen LogP contribution in [0.15, 0.2) is 36.4 Å². The number of methoxy groups -OCH3 is 2. The summed E-state index contributed by atoms with van der Waals surface area (Å²) in [5.41, 5.74) is 3.95. The second-order valence-electron chi connectivity index (χ2n) is 8.02. The number of aryl methyl sites for hydroxylation is 2. The Labute approximate surface area is 182 Å². The number of likely N-dealkylation sites (tertiary alicyclic amines) is 1. The van der Waals surface area contributed by atoms with E-state index in [9.17, 15) is 14.0 Å². The van der Waals surface area contributed by atoms with Crippen LogP contribution in [-0.4, -0.2) is 49.6 Å². The quantitative estimate of drug-likeness (QED) is 0.687. The smallest absolute Gasteiger partial charge is 0.323 e. The Bertz CT molecular complexity index is 945. The summed E-state index contributed by atoms with van der Waals surface area (Å²) >= 11 is 0. The fourth-order valence-corrected chi connectivity index (χ4v) is 4.09. The molecule has 0 aliphatic carbocycles. The monoisotopic (exact) mass is 428 g/mol. The summed E-state index contributed by atoms with van der Waals surface area (Å²) in [7, 11) is 3.03. The van der Waals surface area contributed by atoms with Crippen molar-refractivity contribution in [3.63, 3.8) is 0 Å². The Kier molecular flexibility index (Phi) is 7.28. The topological polar surface area (TPSA) is 67.9 Å². The van der Waals surface area contributed by atoms with Crippen molar-refractivity contribution in [2.24, 2.45) is 0 Å². The second-order valence-corrected chi connectivity index (χ2v) is 8.02. The molecule has 1 aliphatic rings. The average molecular weight is 429 g/mol. The Morgan fingerprint density at radius 3 is 2.48 bits per heavy atom. The Balaban J connectivity index is 1.69. The SMILES string of the molecule is COC(=O)[C@@H]1C[C@@H](NC(=O)Cc2ccc(F)cc2)CN1Cc1cc(C)c(OC)cc1C. The van der Waals surface area contributed by atoms with E-state index in [4.69, 9.17) is 9.47 Å². The first-order valence-corrected chi connectivity index (χ1v) is 10.3. The number of esters is 1. The van der Waals surface area contributed by atoms with Crippen LogP contribution in [0.25, 0.3) is 0 Å². The van der Waals surface area contributed by atoms with Crippen molar-refractivity contribution in [2.45, 2.75) is 45.3 Å². The predicted molar refractivity (Wildman–Crippen MR) is 115 cm³/mol. The van der Waals surface area contributed by atoms with Crippen LogP contribution in [-0.2, 0) is 27.3 Å². The van der Waals surface area contributed by atoms with Crippen LogP contribution in [0, 0.1) is 19.7 Å². The van der Waals surface area contributed by atoms with Crippen LogP contribution >= 0.6 is 0 Å². The van der Waals surface area contributed by atoms with Gasteiger partial charge in [0.1, 0.15) is 17.6 Å². The third-order valence-corrected chi connectivity index (χ3v) is 5.75. The van der Waals surface area contributed by atoms with Crippen LogP contribution in [0.5, 0.6) is 5.75 Å². The summed E-state index contributed by atoms with van der Waals surface area (Å²) in [4.78, 5) is 26.9. The minimum absolute atomic E-state index is 0.154. The second kappa shape index (κ2) is 9.92. The maximum Gasteiger partial charge on any atom is 0.323 e. The van der Waals surface area contributed by atoms with Crippen molar-refractivity contribution in [1.29, 1.82) is 0 Å². The Morgan fingerprint density at radius 1 is 1.13 bits per heavy atom. The molecule has 2 atom stereocenters. The van der Waals surface area contributed by atoms with Crippen LogP contribution in [0.1, 0.15) is 28.7 Å². The molecule has 1 aliphatic heterocycles. The van der Waals surface area contributed by atoms with Gasteiger partial charge in [0.05, 0.1) is 20.6 Å². The molecule has 1 N–H and O–H groups in total. The molecule has 1 fully saturated rings. The molecule has 2 aromatic rings. The first-order chi connectivity index (χ1) is 14.8. The molecule has 6 nitrogen and oxygen atoms in total. The lowest BCUT2D eigenvalue weighted by atomic mass is 10.0. The number of carbonyl (C=O) groups excluding carboxylic acids is 2. The number of benzene rings is 2. The zero-order valence-corrected chi connectivity index (χ0v) is 18.4. The molecule has 7 heteroatoms. The van der Waals surface area contributed by atoms with Gasteiger partial charge in [-0.2, -0.15) is 0 Å². The average Bonchev–Trinajstić information content (AvgIpc) is 3.13. The van der Waals surface area contributed by atoms with E-state index in [0.717, 1.165) is 28.0 Å². The summed E-state index contributed by atoms with van der Waals surface area (Å²) in [6, 6.07) is 9.35. The molecule has 1 heterocycles. The first-order valence-electron chi connectivity index (χ1n) is 10.3. The maximum atomic E-state index is 13.1. The van der Waals surface area contributed by atoms with Gasteiger partial charge in [0, 0.05) is 19.1 Å². The van der Waals surface area contributed by atoms with Crippen molar-refractivity contribution in [3.05, 3.63) is 64.5 Å². The molecule has 0 bridgehead atoms. The van der Waals surface area contributed by atoms with Crippen molar-refractivity contribution < 1.29 is 23.5 Å². The van der Waals surface area contributed by atoms with E-state index in [2.05, 4.69) is 11.4 Å². The van der Waals surface area contributed by atoms with Gasteiger partial charge in [-0.25, -0.2) is 4.39 Å². The summed E-state index contributed by atoms with van der Waals surface area (Å²) in [6.45, 7) is 5.12. The van der Waals surface area contributed by atoms with Gasteiger partial charge < -0.3 is 14.8 Å². The highest BCUT2D eigenvalue weighted by atomic mass is 19.1. The maximum absolute atomic E-state index is 13.1. The zero-order valence-electron chi connectivity index (χ0n) is 18.4. The van der Waals surface area contributed by atoms with Gasteiger partial charge in [-0.05, 0) is 60.7 Å². The molecule has 1 saturated heterocycles. The zero-order chi connectivity index (χ0) is 22.5. The summed E-state index contributed by atoms with van der Waals surface area (Å²) in [6.07, 6.45) is 0.645. The number of amides is 1. The lowest BCUT2D eigenvalue weighted by molar-refractivity contribution is -0.146. The molecular weight excluding hydrogens is 399 g/mol. The lowest BCUT2D eigenvalue weighted by Crippen LogP contribution is -2.38. The molecule has 166 valence electrons. The Morgan fingerprint density at radius 2 is 1.84 bits per heavy atom. The van der Waals surface area contributed by atoms with Crippen molar-refractivity contribution in [2.75, 3.05) is 20.8 Å². The van der Waals surface area contributed by atoms with Gasteiger partial charge in [-0.15, -0.1) is 0 Å². The highest BCUT2D eigenvalue weighted by molar-refractivity contribution is 5.80. The van der Waals surface area contributed by atoms with Gasteiger partial charge in [0.2, 0.25) is 5.91 Å². The molecule has 0 saturated carbocycles. The van der Waals surface area contributed by atoms with Gasteiger partial charge in [0.25, 0.3) is 0 Å². The highest BCUT2D eigenvalue weighted by Crippen LogP contribution is 2.27. The van der Waals surface area contributed by atoms with Crippen LogP contribution < -0.4 is 10.1 Å². The third-order valence-electron chi connectivity index (χ3n) is 5.75. The normalized spacial score (nSPS) is 18.6. The molecule has 1 amide bonds. The van der Waals surface area contributed by atoms with Crippen LogP contribution in [0.2, 0.25) is 0 Å². The van der Waals surface area contributed by atoms with Gasteiger partial charge in [-0.3, -0.25) is 14.5 Å². The van der Waals surface area contributed by atoms with Crippen LogP contribution in [0.4, 0.5) is 4.39 Å². The molecular formula is C24H29FN2O4. The van der Waals surface area contributed by atoms with E-state index in [0.29, 0.717) is 19.5 Å². The minimum atomic E-state index is -0.428. The third kappa shape index (κ3) is 5.61. The molecule has 0 aromatic heterocycles. The first kappa shape index (κ1) is 22.7. The molecule has 3 rings (SSSR count). The summed E-state index contributed by atoms with van der Waals surface area (Å²) in [5.74, 6) is 0.0374. The number of rotatable bonds is 7. The number of hydrogen-bond donors (Lipinski definition) is 1. The molecule has 0 unspecified atom stereocenters. The Hall–Kier alpha value is -2.93. The van der Waals surface area contributed by atoms with E-state index in [-0.39, 0.29) is 30.2 Å². The van der Waals surface area contributed by atoms with Crippen molar-refractivity contribution >= 4 is 11.9 Å². The van der Waals surface area contributed by atoms with E-state index < -0.39 is 6.04 Å². The van der Waals surface area contributed by atoms with Crippen molar-refractivity contribution in [3.8, 4) is 5.75 Å². The van der Waals surface area contributed by atoms with Gasteiger partial charge >= 0.3 is 5.97 Å². The highest BCUT2D eigenvalue weighted by Gasteiger charge is 2.38. The number of nitrogens with one attached hydrogen (secondary N) is 1. The number of carbonyl (C=O) groups is 2. The van der Waals surface area contributed by atoms with Crippen LogP contribution in [0.3, 0.4) is 0 Å². The largest absolute Gasteiger partial charge is 0.496 e. The number of hydrogen-bond acceptors (Lipinski definition) is 5.